The van der Waals surface area contributed by atoms with Crippen molar-refractivity contribution < 1.29 is 23.0 Å². The lowest BCUT2D eigenvalue weighted by Gasteiger charge is -2.14. The summed E-state index contributed by atoms with van der Waals surface area (Å²) >= 11 is 0. The molecule has 2 unspecified atom stereocenters. The summed E-state index contributed by atoms with van der Waals surface area (Å²) < 4.78 is 39.7. The number of aliphatic hydroxyl groups is 1. The molecular formula is C10H15F3O2. The topological polar surface area (TPSA) is 29.5 Å². The van der Waals surface area contributed by atoms with Crippen LogP contribution in [0, 0.1) is 11.8 Å². The summed E-state index contributed by atoms with van der Waals surface area (Å²) in [6, 6.07) is 0. The van der Waals surface area contributed by atoms with E-state index in [1.54, 1.807) is 0 Å². The van der Waals surface area contributed by atoms with Crippen molar-refractivity contribution in [1.82, 2.24) is 0 Å². The van der Waals surface area contributed by atoms with Gasteiger partial charge in [-0.3, -0.25) is 0 Å². The third-order valence-electron chi connectivity index (χ3n) is 3.60. The molecule has 2 aliphatic carbocycles. The molecule has 5 heteroatoms. The molecule has 0 aromatic carbocycles. The summed E-state index contributed by atoms with van der Waals surface area (Å²) in [5.41, 5.74) is -0.705. The molecule has 0 saturated heterocycles. The first-order valence-corrected chi connectivity index (χ1v) is 5.30. The second-order valence-corrected chi connectivity index (χ2v) is 4.55. The van der Waals surface area contributed by atoms with Crippen molar-refractivity contribution in [2.45, 2.75) is 37.5 Å². The van der Waals surface area contributed by atoms with Gasteiger partial charge in [-0.05, 0) is 24.7 Å². The monoisotopic (exact) mass is 224 g/mol. The van der Waals surface area contributed by atoms with E-state index in [1.807, 2.05) is 0 Å². The molecular weight excluding hydrogens is 209 g/mol. The van der Waals surface area contributed by atoms with E-state index in [4.69, 9.17) is 0 Å². The molecule has 0 aromatic heterocycles. The second kappa shape index (κ2) is 3.63. The van der Waals surface area contributed by atoms with Gasteiger partial charge in [0.2, 0.25) is 0 Å². The van der Waals surface area contributed by atoms with E-state index in [0.717, 1.165) is 19.3 Å². The molecule has 1 N–H and O–H groups in total. The summed E-state index contributed by atoms with van der Waals surface area (Å²) in [5, 5.41) is 9.98. The summed E-state index contributed by atoms with van der Waals surface area (Å²) in [4.78, 5) is 0. The van der Waals surface area contributed by atoms with Crippen molar-refractivity contribution in [3.05, 3.63) is 0 Å². The van der Waals surface area contributed by atoms with Gasteiger partial charge in [-0.1, -0.05) is 6.42 Å². The third kappa shape index (κ3) is 2.28. The zero-order valence-corrected chi connectivity index (χ0v) is 8.39. The molecule has 2 atom stereocenters. The van der Waals surface area contributed by atoms with Crippen LogP contribution in [0.15, 0.2) is 0 Å². The number of hydrogen-bond acceptors (Lipinski definition) is 2. The summed E-state index contributed by atoms with van der Waals surface area (Å²) in [6.45, 7) is -1.21. The van der Waals surface area contributed by atoms with Crippen LogP contribution >= 0.6 is 0 Å². The predicted molar refractivity (Wildman–Crippen MR) is 47.3 cm³/mol. The molecule has 15 heavy (non-hydrogen) atoms. The van der Waals surface area contributed by atoms with E-state index in [1.165, 1.54) is 0 Å². The van der Waals surface area contributed by atoms with Crippen LogP contribution in [0.5, 0.6) is 0 Å². The zero-order chi connectivity index (χ0) is 11.1. The maximum Gasteiger partial charge on any atom is 0.411 e. The molecule has 88 valence electrons. The summed E-state index contributed by atoms with van der Waals surface area (Å²) in [5.74, 6) is 0.652. The first-order valence-electron chi connectivity index (χ1n) is 5.30. The van der Waals surface area contributed by atoms with Crippen LogP contribution in [0.3, 0.4) is 0 Å². The van der Waals surface area contributed by atoms with E-state index in [2.05, 4.69) is 4.74 Å². The maximum absolute atomic E-state index is 11.7. The minimum absolute atomic E-state index is 0.00299. The van der Waals surface area contributed by atoms with Crippen LogP contribution < -0.4 is 0 Å². The van der Waals surface area contributed by atoms with Gasteiger partial charge in [-0.25, -0.2) is 0 Å². The highest BCUT2D eigenvalue weighted by molar-refractivity contribution is 5.14. The normalized spacial score (nSPS) is 39.2. The molecule has 0 aromatic rings. The van der Waals surface area contributed by atoms with Crippen molar-refractivity contribution in [2.75, 3.05) is 13.2 Å². The molecule has 0 radical (unpaired) electrons. The molecule has 2 aliphatic rings. The fourth-order valence-electron chi connectivity index (χ4n) is 2.84. The van der Waals surface area contributed by atoms with Crippen molar-refractivity contribution in [2.24, 2.45) is 11.8 Å². The van der Waals surface area contributed by atoms with Crippen LogP contribution in [0.2, 0.25) is 0 Å². The fourth-order valence-corrected chi connectivity index (χ4v) is 2.84. The molecule has 2 saturated carbocycles. The molecule has 2 fully saturated rings. The van der Waals surface area contributed by atoms with Crippen molar-refractivity contribution in [3.8, 4) is 0 Å². The minimum atomic E-state index is -4.26. The standard InChI is InChI=1S/C10H15F3O2/c11-10(12,13)6-15-5-4-9(14)7-2-1-3-8(7)9/h7-8,14H,1-6H2. The third-order valence-corrected chi connectivity index (χ3v) is 3.60. The van der Waals surface area contributed by atoms with Crippen LogP contribution in [-0.2, 0) is 4.74 Å². The number of rotatable bonds is 4. The zero-order valence-electron chi connectivity index (χ0n) is 8.39. The van der Waals surface area contributed by atoms with E-state index in [9.17, 15) is 18.3 Å². The van der Waals surface area contributed by atoms with E-state index >= 15 is 0 Å². The number of ether oxygens (including phenoxy) is 1. The Bertz CT molecular complexity index is 229. The first kappa shape index (κ1) is 11.2. The molecule has 2 rings (SSSR count). The summed E-state index contributed by atoms with van der Waals surface area (Å²) in [7, 11) is 0. The van der Waals surface area contributed by atoms with Gasteiger partial charge in [-0.15, -0.1) is 0 Å². The second-order valence-electron chi connectivity index (χ2n) is 4.55. The van der Waals surface area contributed by atoms with Gasteiger partial charge in [0.1, 0.15) is 6.61 Å². The molecule has 2 nitrogen and oxygen atoms in total. The van der Waals surface area contributed by atoms with Gasteiger partial charge in [-0.2, -0.15) is 13.2 Å². The quantitative estimate of drug-likeness (QED) is 0.741. The van der Waals surface area contributed by atoms with Crippen LogP contribution in [-0.4, -0.2) is 30.1 Å². The van der Waals surface area contributed by atoms with Crippen molar-refractivity contribution >= 4 is 0 Å². The van der Waals surface area contributed by atoms with Gasteiger partial charge >= 0.3 is 6.18 Å². The highest BCUT2D eigenvalue weighted by atomic mass is 19.4. The Morgan fingerprint density at radius 2 is 1.87 bits per heavy atom. The smallest absolute Gasteiger partial charge is 0.389 e. The van der Waals surface area contributed by atoms with E-state index in [0.29, 0.717) is 18.3 Å². The first-order chi connectivity index (χ1) is 6.93. The Hall–Kier alpha value is -0.290. The number of halogens is 3. The number of alkyl halides is 3. The molecule has 0 aliphatic heterocycles. The van der Waals surface area contributed by atoms with Gasteiger partial charge in [0.15, 0.2) is 0 Å². The maximum atomic E-state index is 11.7. The number of fused-ring (bicyclic) bond motifs is 1. The highest BCUT2D eigenvalue weighted by Gasteiger charge is 2.64. The van der Waals surface area contributed by atoms with E-state index < -0.39 is 18.4 Å². The molecule has 0 spiro atoms. The fraction of sp³-hybridized carbons (Fsp3) is 1.00. The average molecular weight is 224 g/mol. The highest BCUT2D eigenvalue weighted by Crippen LogP contribution is 2.62. The van der Waals surface area contributed by atoms with E-state index in [-0.39, 0.29) is 6.61 Å². The van der Waals surface area contributed by atoms with Gasteiger partial charge < -0.3 is 9.84 Å². The van der Waals surface area contributed by atoms with Gasteiger partial charge in [0, 0.05) is 13.0 Å². The SMILES string of the molecule is OC1(CCOCC(F)(F)F)C2CCCC21. The molecule has 0 bridgehead atoms. The van der Waals surface area contributed by atoms with Gasteiger partial charge in [0.25, 0.3) is 0 Å². The Balaban J connectivity index is 1.63. The Labute approximate surface area is 86.4 Å². The lowest BCUT2D eigenvalue weighted by atomic mass is 10.1. The van der Waals surface area contributed by atoms with Crippen molar-refractivity contribution in [1.29, 1.82) is 0 Å². The van der Waals surface area contributed by atoms with Crippen LogP contribution in [0.25, 0.3) is 0 Å². The largest absolute Gasteiger partial charge is 0.411 e. The molecule has 0 amide bonds. The summed E-state index contributed by atoms with van der Waals surface area (Å²) in [6.07, 6.45) is -0.748. The van der Waals surface area contributed by atoms with Crippen LogP contribution in [0.4, 0.5) is 13.2 Å². The predicted octanol–water partition coefficient (Wildman–Crippen LogP) is 2.12. The Morgan fingerprint density at radius 3 is 2.40 bits per heavy atom. The number of hydrogen-bond donors (Lipinski definition) is 1. The minimum Gasteiger partial charge on any atom is -0.389 e. The van der Waals surface area contributed by atoms with Crippen LogP contribution in [0.1, 0.15) is 25.7 Å². The van der Waals surface area contributed by atoms with Gasteiger partial charge in [0.05, 0.1) is 5.60 Å². The Morgan fingerprint density at radius 1 is 1.27 bits per heavy atom. The van der Waals surface area contributed by atoms with Crippen molar-refractivity contribution in [3.63, 3.8) is 0 Å². The lowest BCUT2D eigenvalue weighted by Crippen LogP contribution is -2.22. The average Bonchev–Trinajstić information content (AvgIpc) is 2.54. The Kier molecular flexibility index (Phi) is 2.71. The lowest BCUT2D eigenvalue weighted by molar-refractivity contribution is -0.175. The molecule has 0 heterocycles.